The predicted molar refractivity (Wildman–Crippen MR) is 127 cm³/mol. The van der Waals surface area contributed by atoms with E-state index in [1.807, 2.05) is 0 Å². The Morgan fingerprint density at radius 2 is 1.50 bits per heavy atom. The summed E-state index contributed by atoms with van der Waals surface area (Å²) in [5.41, 5.74) is 1.70. The largest absolute Gasteiger partial charge is 0.462 e. The highest BCUT2D eigenvalue weighted by molar-refractivity contribution is 7.89. The van der Waals surface area contributed by atoms with Gasteiger partial charge in [-0.05, 0) is 66.6 Å². The molecule has 32 heavy (non-hydrogen) atoms. The van der Waals surface area contributed by atoms with Crippen molar-refractivity contribution in [1.29, 1.82) is 0 Å². The van der Waals surface area contributed by atoms with Crippen molar-refractivity contribution in [1.82, 2.24) is 4.31 Å². The summed E-state index contributed by atoms with van der Waals surface area (Å²) in [7, 11) is -3.88. The van der Waals surface area contributed by atoms with Gasteiger partial charge in [0.25, 0.3) is 0 Å². The Bertz CT molecular complexity index is 1200. The molecule has 3 aromatic rings. The molecular formula is C23H20Cl3NO4S. The molecule has 0 aliphatic rings. The molecule has 0 aromatic heterocycles. The van der Waals surface area contributed by atoms with Crippen molar-refractivity contribution < 1.29 is 17.9 Å². The quantitative estimate of drug-likeness (QED) is 0.336. The first-order valence-electron chi connectivity index (χ1n) is 9.66. The Morgan fingerprint density at radius 3 is 2.09 bits per heavy atom. The Kier molecular flexibility index (Phi) is 8.20. The zero-order valence-electron chi connectivity index (χ0n) is 17.1. The highest BCUT2D eigenvalue weighted by Crippen LogP contribution is 2.27. The lowest BCUT2D eigenvalue weighted by Gasteiger charge is -2.23. The van der Waals surface area contributed by atoms with Crippen LogP contribution in [0.5, 0.6) is 0 Å². The maximum absolute atomic E-state index is 13.4. The molecule has 5 nitrogen and oxygen atoms in total. The van der Waals surface area contributed by atoms with Crippen LogP contribution >= 0.6 is 34.8 Å². The number of ether oxygens (including phenoxy) is 1. The monoisotopic (exact) mass is 511 g/mol. The summed E-state index contributed by atoms with van der Waals surface area (Å²) in [5.74, 6) is -0.433. The highest BCUT2D eigenvalue weighted by Gasteiger charge is 2.26. The van der Waals surface area contributed by atoms with Crippen molar-refractivity contribution >= 4 is 50.8 Å². The van der Waals surface area contributed by atoms with Gasteiger partial charge in [0, 0.05) is 28.2 Å². The molecular weight excluding hydrogens is 493 g/mol. The molecule has 0 aliphatic carbocycles. The second-order valence-electron chi connectivity index (χ2n) is 6.88. The van der Waals surface area contributed by atoms with Gasteiger partial charge in [-0.2, -0.15) is 4.31 Å². The molecule has 9 heteroatoms. The van der Waals surface area contributed by atoms with Gasteiger partial charge in [-0.15, -0.1) is 0 Å². The van der Waals surface area contributed by atoms with E-state index in [-0.39, 0.29) is 24.6 Å². The van der Waals surface area contributed by atoms with E-state index in [1.54, 1.807) is 49.4 Å². The van der Waals surface area contributed by atoms with Crippen LogP contribution in [0.1, 0.15) is 28.4 Å². The van der Waals surface area contributed by atoms with Crippen LogP contribution in [0.4, 0.5) is 0 Å². The van der Waals surface area contributed by atoms with E-state index in [4.69, 9.17) is 39.5 Å². The SMILES string of the molecule is CCOC(=O)c1ccc(CN(Cc2ccc(Cl)cc2Cl)S(=O)(=O)c2ccc(Cl)cc2)cc1. The summed E-state index contributed by atoms with van der Waals surface area (Å²) in [5, 5.41) is 1.26. The van der Waals surface area contributed by atoms with E-state index in [9.17, 15) is 13.2 Å². The van der Waals surface area contributed by atoms with E-state index >= 15 is 0 Å². The lowest BCUT2D eigenvalue weighted by molar-refractivity contribution is 0.0526. The number of hydrogen-bond donors (Lipinski definition) is 0. The molecule has 0 saturated heterocycles. The van der Waals surface area contributed by atoms with Crippen LogP contribution in [0.25, 0.3) is 0 Å². The predicted octanol–water partition coefficient (Wildman–Crippen LogP) is 6.21. The molecule has 0 heterocycles. The number of esters is 1. The Balaban J connectivity index is 1.94. The standard InChI is InChI=1S/C23H20Cl3NO4S/c1-2-31-23(28)17-5-3-16(4-6-17)14-27(15-18-7-8-20(25)13-22(18)26)32(29,30)21-11-9-19(24)10-12-21/h3-13H,2,14-15H2,1H3. The Labute approximate surface area is 202 Å². The van der Waals surface area contributed by atoms with Crippen LogP contribution < -0.4 is 0 Å². The normalized spacial score (nSPS) is 11.5. The van der Waals surface area contributed by atoms with Crippen LogP contribution in [-0.4, -0.2) is 25.3 Å². The molecule has 0 atom stereocenters. The minimum Gasteiger partial charge on any atom is -0.462 e. The second kappa shape index (κ2) is 10.7. The number of halogens is 3. The van der Waals surface area contributed by atoms with E-state index in [2.05, 4.69) is 0 Å². The van der Waals surface area contributed by atoms with E-state index in [1.165, 1.54) is 28.6 Å². The summed E-state index contributed by atoms with van der Waals surface area (Å²) in [6.07, 6.45) is 0. The highest BCUT2D eigenvalue weighted by atomic mass is 35.5. The van der Waals surface area contributed by atoms with Crippen LogP contribution in [0.3, 0.4) is 0 Å². The second-order valence-corrected chi connectivity index (χ2v) is 10.1. The molecule has 0 aliphatic heterocycles. The van der Waals surface area contributed by atoms with Crippen molar-refractivity contribution in [3.05, 3.63) is 98.5 Å². The fourth-order valence-corrected chi connectivity index (χ4v) is 4.99. The van der Waals surface area contributed by atoms with Crippen molar-refractivity contribution in [3.8, 4) is 0 Å². The van der Waals surface area contributed by atoms with Crippen LogP contribution in [0.15, 0.2) is 71.6 Å². The van der Waals surface area contributed by atoms with Gasteiger partial charge in [0.1, 0.15) is 0 Å². The van der Waals surface area contributed by atoms with Gasteiger partial charge in [-0.25, -0.2) is 13.2 Å². The van der Waals surface area contributed by atoms with Gasteiger partial charge in [0.2, 0.25) is 10.0 Å². The number of benzene rings is 3. The first kappa shape index (κ1) is 24.6. The fourth-order valence-electron chi connectivity index (χ4n) is 2.99. The minimum atomic E-state index is -3.88. The number of carbonyl (C=O) groups is 1. The minimum absolute atomic E-state index is 0.0284. The van der Waals surface area contributed by atoms with Crippen molar-refractivity contribution in [2.45, 2.75) is 24.9 Å². The number of sulfonamides is 1. The van der Waals surface area contributed by atoms with Crippen LogP contribution in [0, 0.1) is 0 Å². The van der Waals surface area contributed by atoms with Gasteiger partial charge in [-0.3, -0.25) is 0 Å². The lowest BCUT2D eigenvalue weighted by atomic mass is 10.1. The molecule has 0 radical (unpaired) electrons. The first-order chi connectivity index (χ1) is 15.2. The third kappa shape index (κ3) is 6.03. The molecule has 168 valence electrons. The average molecular weight is 513 g/mol. The molecule has 0 amide bonds. The zero-order chi connectivity index (χ0) is 23.3. The zero-order valence-corrected chi connectivity index (χ0v) is 20.2. The summed E-state index contributed by atoms with van der Waals surface area (Å²) in [4.78, 5) is 12.0. The lowest BCUT2D eigenvalue weighted by Crippen LogP contribution is -2.30. The number of nitrogens with zero attached hydrogens (tertiary/aromatic N) is 1. The van der Waals surface area contributed by atoms with Crippen LogP contribution in [0.2, 0.25) is 15.1 Å². The van der Waals surface area contributed by atoms with E-state index < -0.39 is 16.0 Å². The topological polar surface area (TPSA) is 63.7 Å². The van der Waals surface area contributed by atoms with Gasteiger partial charge in [0.05, 0.1) is 17.1 Å². The molecule has 0 bridgehead atoms. The first-order valence-corrected chi connectivity index (χ1v) is 12.2. The van der Waals surface area contributed by atoms with Crippen molar-refractivity contribution in [3.63, 3.8) is 0 Å². The molecule has 3 rings (SSSR count). The van der Waals surface area contributed by atoms with E-state index in [0.717, 1.165) is 0 Å². The summed E-state index contributed by atoms with van der Waals surface area (Å²) >= 11 is 18.2. The van der Waals surface area contributed by atoms with Gasteiger partial charge in [0.15, 0.2) is 0 Å². The number of hydrogen-bond acceptors (Lipinski definition) is 4. The third-order valence-corrected chi connectivity index (χ3v) is 7.28. The summed E-state index contributed by atoms with van der Waals surface area (Å²) in [6, 6.07) is 17.5. The van der Waals surface area contributed by atoms with E-state index in [0.29, 0.717) is 31.8 Å². The molecule has 0 unspecified atom stereocenters. The fraction of sp³-hybridized carbons (Fsp3) is 0.174. The smallest absolute Gasteiger partial charge is 0.338 e. The molecule has 0 N–H and O–H groups in total. The van der Waals surface area contributed by atoms with Gasteiger partial charge < -0.3 is 4.74 Å². The molecule has 0 fully saturated rings. The number of rotatable bonds is 8. The Hall–Kier alpha value is -2.09. The van der Waals surface area contributed by atoms with Crippen LogP contribution in [-0.2, 0) is 27.8 Å². The van der Waals surface area contributed by atoms with Crippen molar-refractivity contribution in [2.75, 3.05) is 6.61 Å². The van der Waals surface area contributed by atoms with Gasteiger partial charge >= 0.3 is 5.97 Å². The van der Waals surface area contributed by atoms with Crippen molar-refractivity contribution in [2.24, 2.45) is 0 Å². The molecule has 0 saturated carbocycles. The van der Waals surface area contributed by atoms with Gasteiger partial charge in [-0.1, -0.05) is 53.0 Å². The third-order valence-electron chi connectivity index (χ3n) is 4.64. The average Bonchev–Trinajstić information content (AvgIpc) is 2.76. The maximum Gasteiger partial charge on any atom is 0.338 e. The Morgan fingerprint density at radius 1 is 0.875 bits per heavy atom. The molecule has 0 spiro atoms. The number of carbonyl (C=O) groups excluding carboxylic acids is 1. The maximum atomic E-state index is 13.4. The summed E-state index contributed by atoms with van der Waals surface area (Å²) < 4.78 is 33.2. The molecule has 3 aromatic carbocycles. The summed E-state index contributed by atoms with van der Waals surface area (Å²) in [6.45, 7) is 2.09.